The van der Waals surface area contributed by atoms with E-state index in [4.69, 9.17) is 9.47 Å². The molecule has 0 fully saturated rings. The Morgan fingerprint density at radius 2 is 1.54 bits per heavy atom. The van der Waals surface area contributed by atoms with Gasteiger partial charge in [-0.15, -0.1) is 0 Å². The number of unbranched alkanes of at least 4 members (excludes halogenated alkanes) is 3. The number of carbonyl (C=O) groups is 1. The van der Waals surface area contributed by atoms with Gasteiger partial charge in [0.15, 0.2) is 0 Å². The lowest BCUT2D eigenvalue weighted by Crippen LogP contribution is -2.08. The molecule has 0 aliphatic heterocycles. The summed E-state index contributed by atoms with van der Waals surface area (Å²) in [6.45, 7) is 7.28. The Kier molecular flexibility index (Phi) is 8.20. The molecule has 0 saturated heterocycles. The van der Waals surface area contributed by atoms with E-state index in [0.717, 1.165) is 18.6 Å². The Morgan fingerprint density at radius 3 is 2.15 bits per heavy atom. The lowest BCUT2D eigenvalue weighted by Gasteiger charge is -2.09. The smallest absolute Gasteiger partial charge is 0.343 e. The van der Waals surface area contributed by atoms with Crippen LogP contribution in [0.1, 0.15) is 62.4 Å². The first kappa shape index (κ1) is 20.0. The van der Waals surface area contributed by atoms with Crippen molar-refractivity contribution in [1.82, 2.24) is 0 Å². The average molecular weight is 354 g/mol. The van der Waals surface area contributed by atoms with Crippen LogP contribution in [0.2, 0.25) is 0 Å². The molecule has 3 nitrogen and oxygen atoms in total. The molecule has 0 unspecified atom stereocenters. The van der Waals surface area contributed by atoms with Crippen molar-refractivity contribution in [2.45, 2.75) is 52.9 Å². The minimum absolute atomic E-state index is 0.351. The number of rotatable bonds is 10. The highest BCUT2D eigenvalue weighted by Crippen LogP contribution is 2.18. The van der Waals surface area contributed by atoms with Gasteiger partial charge in [-0.05, 0) is 60.7 Å². The number of ether oxygens (including phenoxy) is 2. The first-order valence-electron chi connectivity index (χ1n) is 9.62. The summed E-state index contributed by atoms with van der Waals surface area (Å²) in [4.78, 5) is 12.3. The minimum atomic E-state index is -0.351. The number of esters is 1. The summed E-state index contributed by atoms with van der Waals surface area (Å²) in [6, 6.07) is 14.9. The minimum Gasteiger partial charge on any atom is -0.494 e. The SMILES string of the molecule is CCCCCCOc1ccc(C(=O)Oc2ccc(CC(C)C)cc2)cc1. The van der Waals surface area contributed by atoms with Gasteiger partial charge in [-0.1, -0.05) is 52.2 Å². The van der Waals surface area contributed by atoms with E-state index in [1.165, 1.54) is 24.8 Å². The fourth-order valence-electron chi connectivity index (χ4n) is 2.74. The Morgan fingerprint density at radius 1 is 0.885 bits per heavy atom. The lowest BCUT2D eigenvalue weighted by atomic mass is 10.0. The van der Waals surface area contributed by atoms with Gasteiger partial charge in [-0.3, -0.25) is 0 Å². The molecule has 0 spiro atoms. The molecule has 2 aromatic carbocycles. The summed E-state index contributed by atoms with van der Waals surface area (Å²) < 4.78 is 11.1. The Hall–Kier alpha value is -2.29. The quantitative estimate of drug-likeness (QED) is 0.295. The van der Waals surface area contributed by atoms with E-state index in [0.29, 0.717) is 23.8 Å². The van der Waals surface area contributed by atoms with Crippen LogP contribution < -0.4 is 9.47 Å². The van der Waals surface area contributed by atoms with Gasteiger partial charge in [0.1, 0.15) is 11.5 Å². The van der Waals surface area contributed by atoms with Crippen LogP contribution in [0.15, 0.2) is 48.5 Å². The van der Waals surface area contributed by atoms with Crippen LogP contribution in [-0.4, -0.2) is 12.6 Å². The van der Waals surface area contributed by atoms with Crippen molar-refractivity contribution < 1.29 is 14.3 Å². The van der Waals surface area contributed by atoms with Crippen molar-refractivity contribution in [3.8, 4) is 11.5 Å². The monoisotopic (exact) mass is 354 g/mol. The first-order chi connectivity index (χ1) is 12.6. The molecule has 0 aliphatic carbocycles. The number of benzene rings is 2. The Balaban J connectivity index is 1.83. The molecule has 0 saturated carbocycles. The summed E-state index contributed by atoms with van der Waals surface area (Å²) in [5, 5.41) is 0. The van der Waals surface area contributed by atoms with Crippen LogP contribution in [-0.2, 0) is 6.42 Å². The molecule has 0 heterocycles. The third kappa shape index (κ3) is 6.91. The van der Waals surface area contributed by atoms with Gasteiger partial charge < -0.3 is 9.47 Å². The van der Waals surface area contributed by atoms with E-state index in [2.05, 4.69) is 20.8 Å². The summed E-state index contributed by atoms with van der Waals surface area (Å²) in [5.41, 5.74) is 1.77. The topological polar surface area (TPSA) is 35.5 Å². The molecule has 140 valence electrons. The molecule has 0 N–H and O–H groups in total. The van der Waals surface area contributed by atoms with E-state index in [-0.39, 0.29) is 5.97 Å². The van der Waals surface area contributed by atoms with Gasteiger partial charge in [-0.25, -0.2) is 4.79 Å². The fraction of sp³-hybridized carbons (Fsp3) is 0.435. The molecule has 0 amide bonds. The van der Waals surface area contributed by atoms with Gasteiger partial charge in [0.05, 0.1) is 12.2 Å². The highest BCUT2D eigenvalue weighted by Gasteiger charge is 2.09. The average Bonchev–Trinajstić information content (AvgIpc) is 2.63. The molecular formula is C23H30O3. The van der Waals surface area contributed by atoms with Crippen LogP contribution >= 0.6 is 0 Å². The third-order valence-electron chi connectivity index (χ3n) is 4.13. The summed E-state index contributed by atoms with van der Waals surface area (Å²) in [5.74, 6) is 1.61. The Bertz CT molecular complexity index is 657. The molecule has 2 rings (SSSR count). The zero-order valence-electron chi connectivity index (χ0n) is 16.2. The molecule has 0 radical (unpaired) electrons. The molecule has 0 aromatic heterocycles. The highest BCUT2D eigenvalue weighted by molar-refractivity contribution is 5.91. The van der Waals surface area contributed by atoms with Gasteiger partial charge in [0, 0.05) is 0 Å². The molecular weight excluding hydrogens is 324 g/mol. The lowest BCUT2D eigenvalue weighted by molar-refractivity contribution is 0.0734. The molecule has 0 atom stereocenters. The maximum absolute atomic E-state index is 12.3. The van der Waals surface area contributed by atoms with Gasteiger partial charge in [-0.2, -0.15) is 0 Å². The molecule has 0 bridgehead atoms. The van der Waals surface area contributed by atoms with Gasteiger partial charge in [0.2, 0.25) is 0 Å². The second kappa shape index (κ2) is 10.6. The van der Waals surface area contributed by atoms with Crippen LogP contribution in [0.3, 0.4) is 0 Å². The summed E-state index contributed by atoms with van der Waals surface area (Å²) in [6.07, 6.45) is 5.74. The normalized spacial score (nSPS) is 10.8. The van der Waals surface area contributed by atoms with Crippen LogP contribution in [0.4, 0.5) is 0 Å². The number of hydrogen-bond acceptors (Lipinski definition) is 3. The predicted molar refractivity (Wildman–Crippen MR) is 106 cm³/mol. The standard InChI is InChI=1S/C23H30O3/c1-4-5-6-7-16-25-21-14-10-20(11-15-21)23(24)26-22-12-8-19(9-13-22)17-18(2)3/h8-15,18H,4-7,16-17H2,1-3H3. The summed E-state index contributed by atoms with van der Waals surface area (Å²) in [7, 11) is 0. The van der Waals surface area contributed by atoms with Crippen molar-refractivity contribution >= 4 is 5.97 Å². The van der Waals surface area contributed by atoms with Crippen LogP contribution in [0.5, 0.6) is 11.5 Å². The van der Waals surface area contributed by atoms with Crippen molar-refractivity contribution in [2.75, 3.05) is 6.61 Å². The Labute approximate surface area is 157 Å². The highest BCUT2D eigenvalue weighted by atomic mass is 16.5. The van der Waals surface area contributed by atoms with Crippen LogP contribution in [0.25, 0.3) is 0 Å². The van der Waals surface area contributed by atoms with Crippen molar-refractivity contribution in [3.63, 3.8) is 0 Å². The molecule has 2 aromatic rings. The van der Waals surface area contributed by atoms with E-state index < -0.39 is 0 Å². The van der Waals surface area contributed by atoms with Gasteiger partial charge >= 0.3 is 5.97 Å². The van der Waals surface area contributed by atoms with Crippen molar-refractivity contribution in [1.29, 1.82) is 0 Å². The summed E-state index contributed by atoms with van der Waals surface area (Å²) >= 11 is 0. The zero-order valence-corrected chi connectivity index (χ0v) is 16.2. The fourth-order valence-corrected chi connectivity index (χ4v) is 2.74. The van der Waals surface area contributed by atoms with Crippen molar-refractivity contribution in [2.24, 2.45) is 5.92 Å². The van der Waals surface area contributed by atoms with E-state index in [1.54, 1.807) is 12.1 Å². The largest absolute Gasteiger partial charge is 0.494 e. The molecule has 3 heteroatoms. The number of hydrogen-bond donors (Lipinski definition) is 0. The van der Waals surface area contributed by atoms with Gasteiger partial charge in [0.25, 0.3) is 0 Å². The third-order valence-corrected chi connectivity index (χ3v) is 4.13. The maximum atomic E-state index is 12.3. The first-order valence-corrected chi connectivity index (χ1v) is 9.62. The van der Waals surface area contributed by atoms with Crippen molar-refractivity contribution in [3.05, 3.63) is 59.7 Å². The maximum Gasteiger partial charge on any atom is 0.343 e. The second-order valence-electron chi connectivity index (χ2n) is 7.06. The van der Waals surface area contributed by atoms with Crippen LogP contribution in [0, 0.1) is 5.92 Å². The van der Waals surface area contributed by atoms with E-state index in [1.807, 2.05) is 36.4 Å². The molecule has 0 aliphatic rings. The van der Waals surface area contributed by atoms with E-state index >= 15 is 0 Å². The molecule has 26 heavy (non-hydrogen) atoms. The zero-order chi connectivity index (χ0) is 18.8. The van der Waals surface area contributed by atoms with E-state index in [9.17, 15) is 4.79 Å². The predicted octanol–water partition coefficient (Wildman–Crippen LogP) is 6.06. The number of carbonyl (C=O) groups excluding carboxylic acids is 1. The second-order valence-corrected chi connectivity index (χ2v) is 7.06.